The summed E-state index contributed by atoms with van der Waals surface area (Å²) in [4.78, 5) is 43.1. The lowest BCUT2D eigenvalue weighted by atomic mass is 10.0. The Morgan fingerprint density at radius 2 is 1.49 bits per heavy atom. The summed E-state index contributed by atoms with van der Waals surface area (Å²) < 4.78 is 26.6. The molecule has 2 unspecified atom stereocenters. The summed E-state index contributed by atoms with van der Waals surface area (Å²) in [6, 6.07) is 7.71. The molecule has 2 aliphatic rings. The molecule has 2 atom stereocenters. The molecule has 2 heterocycles. The van der Waals surface area contributed by atoms with Gasteiger partial charge in [0.1, 0.15) is 6.04 Å². The van der Waals surface area contributed by atoms with Crippen LogP contribution in [-0.2, 0) is 16.0 Å². The monoisotopic (exact) mass is 512 g/mol. The zero-order chi connectivity index (χ0) is 26.7. The Labute approximate surface area is 216 Å². The quantitative estimate of drug-likeness (QED) is 0.353. The first-order chi connectivity index (χ1) is 17.9. The fourth-order valence-corrected chi connectivity index (χ4v) is 5.12. The van der Waals surface area contributed by atoms with Crippen molar-refractivity contribution in [2.75, 3.05) is 48.6 Å². The van der Waals surface area contributed by atoms with Crippen molar-refractivity contribution in [1.82, 2.24) is 9.80 Å². The van der Waals surface area contributed by atoms with Crippen LogP contribution in [0.15, 0.2) is 30.3 Å². The predicted octanol–water partition coefficient (Wildman–Crippen LogP) is 2.36. The maximum Gasteiger partial charge on any atom is 0.295 e. The molecule has 2 aromatic carbocycles. The van der Waals surface area contributed by atoms with Gasteiger partial charge >= 0.3 is 0 Å². The number of Topliss-reactive ketones (excluding diaryl/α,β-unsaturated/α-hetero) is 1. The number of rotatable bonds is 10. The normalized spacial score (nSPS) is 18.5. The molecule has 4 rings (SSSR count). The Bertz CT molecular complexity index is 1170. The van der Waals surface area contributed by atoms with Crippen LogP contribution in [0.4, 0.5) is 0 Å². The van der Waals surface area contributed by atoms with E-state index in [2.05, 4.69) is 0 Å². The van der Waals surface area contributed by atoms with Gasteiger partial charge in [-0.3, -0.25) is 14.4 Å². The van der Waals surface area contributed by atoms with E-state index in [4.69, 9.17) is 23.7 Å². The van der Waals surface area contributed by atoms with Gasteiger partial charge in [0.05, 0.1) is 41.6 Å². The van der Waals surface area contributed by atoms with Gasteiger partial charge in [0, 0.05) is 18.7 Å². The third-order valence-electron chi connectivity index (χ3n) is 7.00. The van der Waals surface area contributed by atoms with E-state index in [1.165, 1.54) is 38.4 Å². The SMILES string of the molecule is COc1ccc(CCN2CC3CCC(C2=O)N3C(=O)C(=O)c2cc(OC)c(OC)c(OC)c2)cc1OC. The Kier molecular flexibility index (Phi) is 7.75. The largest absolute Gasteiger partial charge is 0.493 e. The molecular weight excluding hydrogens is 480 g/mol. The van der Waals surface area contributed by atoms with Crippen LogP contribution in [0.3, 0.4) is 0 Å². The van der Waals surface area contributed by atoms with Gasteiger partial charge < -0.3 is 33.5 Å². The number of carbonyl (C=O) groups is 3. The second-order valence-corrected chi connectivity index (χ2v) is 8.93. The van der Waals surface area contributed by atoms with Crippen molar-refractivity contribution >= 4 is 17.6 Å². The fourth-order valence-electron chi connectivity index (χ4n) is 5.12. The summed E-state index contributed by atoms with van der Waals surface area (Å²) in [6.07, 6.45) is 1.83. The number of nitrogens with zero attached hydrogens (tertiary/aromatic N) is 2. The van der Waals surface area contributed by atoms with Crippen molar-refractivity contribution in [3.63, 3.8) is 0 Å². The van der Waals surface area contributed by atoms with Crippen LogP contribution >= 0.6 is 0 Å². The average molecular weight is 513 g/mol. The lowest BCUT2D eigenvalue weighted by molar-refractivity contribution is -0.149. The molecule has 2 aliphatic heterocycles. The van der Waals surface area contributed by atoms with Crippen molar-refractivity contribution in [2.24, 2.45) is 0 Å². The van der Waals surface area contributed by atoms with Gasteiger partial charge in [-0.15, -0.1) is 0 Å². The van der Waals surface area contributed by atoms with Gasteiger partial charge in [-0.2, -0.15) is 0 Å². The zero-order valence-electron chi connectivity index (χ0n) is 21.7. The predicted molar refractivity (Wildman–Crippen MR) is 134 cm³/mol. The van der Waals surface area contributed by atoms with Gasteiger partial charge in [0.25, 0.3) is 11.7 Å². The number of ketones is 1. The minimum absolute atomic E-state index is 0.113. The number of ether oxygens (including phenoxy) is 5. The lowest BCUT2D eigenvalue weighted by Gasteiger charge is -2.40. The number of likely N-dealkylation sites (tertiary alicyclic amines) is 1. The number of hydrogen-bond acceptors (Lipinski definition) is 8. The maximum absolute atomic E-state index is 13.3. The molecule has 0 aromatic heterocycles. The maximum atomic E-state index is 13.3. The van der Waals surface area contributed by atoms with E-state index < -0.39 is 17.7 Å². The molecule has 198 valence electrons. The molecule has 2 fully saturated rings. The highest BCUT2D eigenvalue weighted by Crippen LogP contribution is 2.39. The third kappa shape index (κ3) is 4.87. The minimum atomic E-state index is -0.720. The molecule has 0 radical (unpaired) electrons. The molecule has 0 aliphatic carbocycles. The Balaban J connectivity index is 1.47. The number of hydrogen-bond donors (Lipinski definition) is 0. The van der Waals surface area contributed by atoms with E-state index in [0.717, 1.165) is 5.56 Å². The third-order valence-corrected chi connectivity index (χ3v) is 7.00. The molecular formula is C27H32N2O8. The highest BCUT2D eigenvalue weighted by Gasteiger charge is 2.49. The van der Waals surface area contributed by atoms with Gasteiger partial charge in [0.2, 0.25) is 11.7 Å². The van der Waals surface area contributed by atoms with Crippen LogP contribution in [0, 0.1) is 0 Å². The Morgan fingerprint density at radius 3 is 2.08 bits per heavy atom. The van der Waals surface area contributed by atoms with Crippen LogP contribution < -0.4 is 23.7 Å². The summed E-state index contributed by atoms with van der Waals surface area (Å²) in [5.74, 6) is 0.593. The molecule has 0 saturated carbocycles. The van der Waals surface area contributed by atoms with Crippen LogP contribution in [0.2, 0.25) is 0 Å². The van der Waals surface area contributed by atoms with Crippen LogP contribution in [0.5, 0.6) is 28.7 Å². The van der Waals surface area contributed by atoms with Gasteiger partial charge in [-0.05, 0) is 49.1 Å². The summed E-state index contributed by atoms with van der Waals surface area (Å²) >= 11 is 0. The first-order valence-corrected chi connectivity index (χ1v) is 12.0. The first kappa shape index (κ1) is 26.1. The van der Waals surface area contributed by atoms with E-state index in [9.17, 15) is 14.4 Å². The highest BCUT2D eigenvalue weighted by molar-refractivity contribution is 6.43. The highest BCUT2D eigenvalue weighted by atomic mass is 16.5. The second kappa shape index (κ2) is 11.0. The van der Waals surface area contributed by atoms with E-state index in [1.54, 1.807) is 19.1 Å². The fraction of sp³-hybridized carbons (Fsp3) is 0.444. The van der Waals surface area contributed by atoms with E-state index in [-0.39, 0.29) is 29.0 Å². The molecule has 10 nitrogen and oxygen atoms in total. The van der Waals surface area contributed by atoms with Gasteiger partial charge in [-0.1, -0.05) is 6.07 Å². The smallest absolute Gasteiger partial charge is 0.295 e. The summed E-state index contributed by atoms with van der Waals surface area (Å²) in [5, 5.41) is 0. The average Bonchev–Trinajstić information content (AvgIpc) is 3.28. The Morgan fingerprint density at radius 1 is 0.838 bits per heavy atom. The van der Waals surface area contributed by atoms with Crippen molar-refractivity contribution in [1.29, 1.82) is 0 Å². The zero-order valence-corrected chi connectivity index (χ0v) is 21.7. The number of piperazine rings is 1. The molecule has 2 saturated heterocycles. The molecule has 2 amide bonds. The van der Waals surface area contributed by atoms with Crippen LogP contribution in [-0.4, -0.2) is 88.1 Å². The number of carbonyl (C=O) groups excluding carboxylic acids is 3. The number of benzene rings is 2. The van der Waals surface area contributed by atoms with Crippen LogP contribution in [0.1, 0.15) is 28.8 Å². The number of amides is 2. The van der Waals surface area contributed by atoms with Crippen molar-refractivity contribution in [3.05, 3.63) is 41.5 Å². The van der Waals surface area contributed by atoms with E-state index in [0.29, 0.717) is 49.6 Å². The van der Waals surface area contributed by atoms with Crippen molar-refractivity contribution in [2.45, 2.75) is 31.3 Å². The molecule has 37 heavy (non-hydrogen) atoms. The first-order valence-electron chi connectivity index (χ1n) is 12.0. The van der Waals surface area contributed by atoms with Gasteiger partial charge in [0.15, 0.2) is 23.0 Å². The summed E-state index contributed by atoms with van der Waals surface area (Å²) in [7, 11) is 7.50. The molecule has 0 N–H and O–H groups in total. The number of fused-ring (bicyclic) bond motifs is 2. The van der Waals surface area contributed by atoms with Gasteiger partial charge in [-0.25, -0.2) is 0 Å². The van der Waals surface area contributed by atoms with E-state index in [1.807, 2.05) is 18.2 Å². The minimum Gasteiger partial charge on any atom is -0.493 e. The standard InChI is InChI=1S/C27H32N2O8/c1-33-20-9-6-16(12-21(20)34-2)10-11-28-15-18-7-8-19(26(28)31)29(18)27(32)24(30)17-13-22(35-3)25(37-5)23(14-17)36-4/h6,9,12-14,18-19H,7-8,10-11,15H2,1-5H3. The Hall–Kier alpha value is -3.95. The topological polar surface area (TPSA) is 104 Å². The lowest BCUT2D eigenvalue weighted by Crippen LogP contribution is -2.60. The molecule has 2 bridgehead atoms. The van der Waals surface area contributed by atoms with Crippen LogP contribution in [0.25, 0.3) is 0 Å². The second-order valence-electron chi connectivity index (χ2n) is 8.93. The van der Waals surface area contributed by atoms with Crippen molar-refractivity contribution < 1.29 is 38.1 Å². The van der Waals surface area contributed by atoms with E-state index >= 15 is 0 Å². The molecule has 10 heteroatoms. The molecule has 2 aromatic rings. The summed E-state index contributed by atoms with van der Waals surface area (Å²) in [5.41, 5.74) is 1.12. The summed E-state index contributed by atoms with van der Waals surface area (Å²) in [6.45, 7) is 0.890. The van der Waals surface area contributed by atoms with Crippen molar-refractivity contribution in [3.8, 4) is 28.7 Å². The number of methoxy groups -OCH3 is 5. The molecule has 0 spiro atoms.